The van der Waals surface area contributed by atoms with Crippen molar-refractivity contribution in [2.24, 2.45) is 0 Å². The van der Waals surface area contributed by atoms with Crippen LogP contribution >= 0.6 is 22.7 Å². The lowest BCUT2D eigenvalue weighted by atomic mass is 10.2. The summed E-state index contributed by atoms with van der Waals surface area (Å²) in [7, 11) is 0. The SMILES string of the molecule is C.CCc1csc(-c2ccc(OCCCOc3ccc4c(ccn4[C@@H](C)C(=O)O)c3)nc2)n1.CCc1csc(-c2ccc(OCCCOc3ccc4c(ccn4[C@H](C)C(=O)O)c3)nc2)n1. The van der Waals surface area contributed by atoms with E-state index in [9.17, 15) is 19.8 Å². The van der Waals surface area contributed by atoms with Gasteiger partial charge in [0.1, 0.15) is 33.6 Å². The van der Waals surface area contributed by atoms with Gasteiger partial charge in [0.05, 0.1) is 37.8 Å². The van der Waals surface area contributed by atoms with Crippen LogP contribution in [0.2, 0.25) is 0 Å². The summed E-state index contributed by atoms with van der Waals surface area (Å²) in [5.41, 5.74) is 5.91. The molecule has 0 unspecified atom stereocenters. The number of carbonyl (C=O) groups is 2. The third-order valence-corrected chi connectivity index (χ3v) is 12.2. The molecule has 8 aromatic rings. The molecule has 0 spiro atoms. The molecule has 2 atom stereocenters. The number of fused-ring (bicyclic) bond motifs is 2. The number of aryl methyl sites for hydroxylation is 2. The van der Waals surface area contributed by atoms with Crippen molar-refractivity contribution in [3.8, 4) is 44.4 Å². The van der Waals surface area contributed by atoms with Crippen LogP contribution in [0.25, 0.3) is 42.9 Å². The Hall–Kier alpha value is -6.78. The Morgan fingerprint density at radius 1 is 0.600 bits per heavy atom. The number of rotatable bonds is 20. The third kappa shape index (κ3) is 12.3. The van der Waals surface area contributed by atoms with E-state index in [1.807, 2.05) is 72.8 Å². The molecule has 65 heavy (non-hydrogen) atoms. The lowest BCUT2D eigenvalue weighted by Crippen LogP contribution is -2.14. The molecule has 16 heteroatoms. The number of carboxylic acids is 2. The van der Waals surface area contributed by atoms with E-state index >= 15 is 0 Å². The first-order chi connectivity index (χ1) is 31.1. The predicted octanol–water partition coefficient (Wildman–Crippen LogP) is 11.1. The van der Waals surface area contributed by atoms with Gasteiger partial charge in [0.25, 0.3) is 0 Å². The summed E-state index contributed by atoms with van der Waals surface area (Å²) in [5.74, 6) is 0.931. The minimum Gasteiger partial charge on any atom is -0.493 e. The number of ether oxygens (including phenoxy) is 4. The maximum Gasteiger partial charge on any atom is 0.326 e. The Morgan fingerprint density at radius 3 is 1.37 bits per heavy atom. The molecule has 0 aliphatic rings. The second-order valence-corrected chi connectivity index (χ2v) is 16.5. The first-order valence-corrected chi connectivity index (χ1v) is 22.9. The molecule has 8 rings (SSSR count). The van der Waals surface area contributed by atoms with Crippen molar-refractivity contribution in [2.45, 2.75) is 72.9 Å². The van der Waals surface area contributed by atoms with Crippen LogP contribution < -0.4 is 18.9 Å². The molecule has 0 aliphatic heterocycles. The summed E-state index contributed by atoms with van der Waals surface area (Å²) in [6.45, 7) is 9.52. The van der Waals surface area contributed by atoms with E-state index in [1.165, 1.54) is 0 Å². The van der Waals surface area contributed by atoms with Crippen molar-refractivity contribution in [3.63, 3.8) is 0 Å². The van der Waals surface area contributed by atoms with Crippen LogP contribution in [-0.2, 0) is 22.4 Å². The van der Waals surface area contributed by atoms with Crippen LogP contribution in [0.15, 0.2) is 108 Å². The minimum atomic E-state index is -0.860. The molecule has 2 N–H and O–H groups in total. The maximum absolute atomic E-state index is 11.2. The van der Waals surface area contributed by atoms with Crippen molar-refractivity contribution in [1.29, 1.82) is 0 Å². The van der Waals surface area contributed by atoms with Gasteiger partial charge in [-0.15, -0.1) is 22.7 Å². The van der Waals surface area contributed by atoms with E-state index in [0.29, 0.717) is 51.0 Å². The van der Waals surface area contributed by atoms with Crippen molar-refractivity contribution in [2.75, 3.05) is 26.4 Å². The van der Waals surface area contributed by atoms with Gasteiger partial charge in [-0.3, -0.25) is 0 Å². The molecular formula is C49H54N6O8S2. The highest BCUT2D eigenvalue weighted by atomic mass is 32.1. The highest BCUT2D eigenvalue weighted by molar-refractivity contribution is 7.13. The standard InChI is InChI=1S/2C24H25N3O4S.CH4/c2*1-3-19-15-32-23(26-19)18-5-8-22(25-14-18)31-12-4-11-30-20-6-7-21-17(13-20)9-10-27(21)16(2)24(28)29;/h2*5-10,13-16H,3-4,11-12H2,1-2H3,(H,28,29);1H4/t2*16-;/m10./s1. The lowest BCUT2D eigenvalue weighted by molar-refractivity contribution is -0.141. The molecule has 0 amide bonds. The number of pyridine rings is 2. The summed E-state index contributed by atoms with van der Waals surface area (Å²) in [6.07, 6.45) is 10.4. The van der Waals surface area contributed by atoms with Crippen molar-refractivity contribution in [3.05, 3.63) is 120 Å². The maximum atomic E-state index is 11.2. The Balaban J connectivity index is 0.000000212. The van der Waals surface area contributed by atoms with Gasteiger partial charge >= 0.3 is 11.9 Å². The molecule has 6 heterocycles. The highest BCUT2D eigenvalue weighted by Crippen LogP contribution is 2.28. The number of aromatic nitrogens is 6. The molecule has 0 fully saturated rings. The van der Waals surface area contributed by atoms with Crippen LogP contribution in [0.3, 0.4) is 0 Å². The Kier molecular flexibility index (Phi) is 16.7. The average Bonchev–Trinajstić information content (AvgIpc) is 4.15. The summed E-state index contributed by atoms with van der Waals surface area (Å²) < 4.78 is 26.6. The van der Waals surface area contributed by atoms with Crippen LogP contribution in [0.5, 0.6) is 23.3 Å². The molecule has 0 saturated carbocycles. The van der Waals surface area contributed by atoms with Crippen molar-refractivity contribution in [1.82, 2.24) is 29.1 Å². The molecular weight excluding hydrogens is 865 g/mol. The third-order valence-electron chi connectivity index (χ3n) is 10.3. The van der Waals surface area contributed by atoms with Gasteiger partial charge in [-0.1, -0.05) is 21.3 Å². The molecule has 0 saturated heterocycles. The van der Waals surface area contributed by atoms with Crippen LogP contribution in [0.4, 0.5) is 0 Å². The smallest absolute Gasteiger partial charge is 0.326 e. The number of carboxylic acid groups (broad SMARTS) is 2. The quantitative estimate of drug-likeness (QED) is 0.0694. The molecule has 0 radical (unpaired) electrons. The highest BCUT2D eigenvalue weighted by Gasteiger charge is 2.17. The molecule has 0 aliphatic carbocycles. The zero-order valence-electron chi connectivity index (χ0n) is 36.0. The van der Waals surface area contributed by atoms with E-state index in [2.05, 4.69) is 44.5 Å². The van der Waals surface area contributed by atoms with E-state index in [4.69, 9.17) is 18.9 Å². The second kappa shape index (κ2) is 22.7. The molecule has 0 bridgehead atoms. The van der Waals surface area contributed by atoms with Gasteiger partial charge in [0, 0.05) is 93.5 Å². The zero-order valence-corrected chi connectivity index (χ0v) is 37.7. The second-order valence-electron chi connectivity index (χ2n) is 14.8. The average molecular weight is 919 g/mol. The Labute approximate surface area is 386 Å². The van der Waals surface area contributed by atoms with Gasteiger partial charge < -0.3 is 38.3 Å². The monoisotopic (exact) mass is 918 g/mol. The lowest BCUT2D eigenvalue weighted by Gasteiger charge is -2.11. The van der Waals surface area contributed by atoms with Crippen LogP contribution in [0.1, 0.15) is 71.4 Å². The Bertz CT molecular complexity index is 2590. The number of nitrogens with zero attached hydrogens (tertiary/aromatic N) is 6. The number of benzene rings is 2. The first-order valence-electron chi connectivity index (χ1n) is 21.1. The van der Waals surface area contributed by atoms with Crippen molar-refractivity contribution < 1.29 is 38.7 Å². The summed E-state index contributed by atoms with van der Waals surface area (Å²) in [4.78, 5) is 40.4. The topological polar surface area (TPSA) is 173 Å². The summed E-state index contributed by atoms with van der Waals surface area (Å²) in [5, 5.41) is 26.4. The fraction of sp³-hybridized carbons (Fsp3) is 0.306. The molecule has 14 nitrogen and oxygen atoms in total. The predicted molar refractivity (Wildman–Crippen MR) is 256 cm³/mol. The normalized spacial score (nSPS) is 11.9. The minimum absolute atomic E-state index is 0. The Morgan fingerprint density at radius 2 is 1.02 bits per heavy atom. The van der Waals surface area contributed by atoms with Gasteiger partial charge in [-0.25, -0.2) is 29.5 Å². The molecule has 6 aromatic heterocycles. The number of aliphatic carboxylic acids is 2. The summed E-state index contributed by atoms with van der Waals surface area (Å²) >= 11 is 3.25. The largest absolute Gasteiger partial charge is 0.493 e. The molecule has 340 valence electrons. The van der Waals surface area contributed by atoms with Crippen LogP contribution in [0, 0.1) is 0 Å². The van der Waals surface area contributed by atoms with Crippen LogP contribution in [-0.4, -0.2) is 77.6 Å². The number of thiazole rings is 2. The fourth-order valence-electron chi connectivity index (χ4n) is 6.62. The van der Waals surface area contributed by atoms with Gasteiger partial charge in [0.2, 0.25) is 11.8 Å². The number of hydrogen-bond acceptors (Lipinski definition) is 12. The van der Waals surface area contributed by atoms with E-state index in [-0.39, 0.29) is 7.43 Å². The van der Waals surface area contributed by atoms with Crippen molar-refractivity contribution >= 4 is 56.4 Å². The van der Waals surface area contributed by atoms with E-state index in [0.717, 1.165) is 78.7 Å². The molecule has 2 aromatic carbocycles. The summed E-state index contributed by atoms with van der Waals surface area (Å²) in [6, 6.07) is 21.6. The van der Waals surface area contributed by atoms with Gasteiger partial charge in [-0.05, 0) is 87.4 Å². The van der Waals surface area contributed by atoms with E-state index < -0.39 is 24.0 Å². The first kappa shape index (κ1) is 47.7. The van der Waals surface area contributed by atoms with Gasteiger partial charge in [-0.2, -0.15) is 0 Å². The van der Waals surface area contributed by atoms with Gasteiger partial charge in [0.15, 0.2) is 0 Å². The number of hydrogen-bond donors (Lipinski definition) is 2. The van der Waals surface area contributed by atoms with E-state index in [1.54, 1.807) is 70.4 Å². The zero-order chi connectivity index (χ0) is 45.0. The fourth-order valence-corrected chi connectivity index (χ4v) is 8.40.